The Hall–Kier alpha value is -1.89. The van der Waals surface area contributed by atoms with Crippen molar-refractivity contribution in [1.29, 1.82) is 0 Å². The number of hydrogen-bond donors (Lipinski definition) is 1. The van der Waals surface area contributed by atoms with Gasteiger partial charge in [-0.1, -0.05) is 41.4 Å². The van der Waals surface area contributed by atoms with Gasteiger partial charge in [0.25, 0.3) is 0 Å². The summed E-state index contributed by atoms with van der Waals surface area (Å²) in [6.07, 6.45) is 0. The normalized spacial score (nSPS) is 10.3. The van der Waals surface area contributed by atoms with Crippen LogP contribution in [0, 0.1) is 0 Å². The molecule has 0 spiro atoms. The van der Waals surface area contributed by atoms with Crippen molar-refractivity contribution in [3.8, 4) is 5.75 Å². The Labute approximate surface area is 159 Å². The van der Waals surface area contributed by atoms with Gasteiger partial charge in [-0.2, -0.15) is 0 Å². The summed E-state index contributed by atoms with van der Waals surface area (Å²) in [7, 11) is 0. The van der Waals surface area contributed by atoms with Gasteiger partial charge in [-0.25, -0.2) is 4.79 Å². The summed E-state index contributed by atoms with van der Waals surface area (Å²) in [4.78, 5) is 23.7. The number of benzene rings is 2. The predicted octanol–water partition coefficient (Wildman–Crippen LogP) is 3.81. The van der Waals surface area contributed by atoms with Crippen LogP contribution in [0.5, 0.6) is 5.75 Å². The van der Waals surface area contributed by atoms with E-state index in [1.807, 2.05) is 0 Å². The first-order valence-corrected chi connectivity index (χ1v) is 8.97. The molecule has 2 aromatic rings. The summed E-state index contributed by atoms with van der Waals surface area (Å²) in [5, 5.41) is 0.763. The highest BCUT2D eigenvalue weighted by Gasteiger charge is 2.14. The lowest BCUT2D eigenvalue weighted by Crippen LogP contribution is -2.15. The third kappa shape index (κ3) is 5.85. The summed E-state index contributed by atoms with van der Waals surface area (Å²) < 4.78 is 10.7. The Bertz CT molecular complexity index is 750. The van der Waals surface area contributed by atoms with Crippen molar-refractivity contribution in [3.63, 3.8) is 0 Å². The fraction of sp³-hybridized carbons (Fsp3) is 0.176. The topological polar surface area (TPSA) is 78.6 Å². The van der Waals surface area contributed by atoms with Crippen LogP contribution >= 0.6 is 35.0 Å². The minimum absolute atomic E-state index is 0.0230. The summed E-state index contributed by atoms with van der Waals surface area (Å²) in [6, 6.07) is 11.8. The van der Waals surface area contributed by atoms with E-state index in [-0.39, 0.29) is 19.0 Å². The number of halogens is 2. The SMILES string of the molecule is NC(=O)CSc1ccccc1C(=O)OCCOc1c(Cl)cccc1Cl. The number of hydrogen-bond acceptors (Lipinski definition) is 5. The molecule has 5 nitrogen and oxygen atoms in total. The summed E-state index contributed by atoms with van der Waals surface area (Å²) in [5.74, 6) is -0.544. The molecule has 0 bridgehead atoms. The Balaban J connectivity index is 1.89. The molecule has 0 aliphatic rings. The Morgan fingerprint density at radius 2 is 1.68 bits per heavy atom. The van der Waals surface area contributed by atoms with Gasteiger partial charge in [-0.05, 0) is 24.3 Å². The molecule has 0 saturated carbocycles. The molecule has 8 heteroatoms. The maximum absolute atomic E-state index is 12.2. The first-order valence-electron chi connectivity index (χ1n) is 7.23. The number of amides is 1. The zero-order valence-electron chi connectivity index (χ0n) is 13.0. The fourth-order valence-electron chi connectivity index (χ4n) is 1.89. The van der Waals surface area contributed by atoms with Crippen LogP contribution in [-0.4, -0.2) is 30.8 Å². The monoisotopic (exact) mass is 399 g/mol. The third-order valence-electron chi connectivity index (χ3n) is 2.96. The molecule has 0 heterocycles. The van der Waals surface area contributed by atoms with Crippen molar-refractivity contribution in [2.24, 2.45) is 5.73 Å². The lowest BCUT2D eigenvalue weighted by atomic mass is 10.2. The first-order chi connectivity index (χ1) is 12.0. The Kier molecular flexibility index (Phi) is 7.43. The van der Waals surface area contributed by atoms with Crippen LogP contribution in [0.2, 0.25) is 10.0 Å². The van der Waals surface area contributed by atoms with Gasteiger partial charge in [0, 0.05) is 4.90 Å². The summed E-state index contributed by atoms with van der Waals surface area (Å²) in [6.45, 7) is 0.126. The van der Waals surface area contributed by atoms with Gasteiger partial charge < -0.3 is 15.2 Å². The summed E-state index contributed by atoms with van der Waals surface area (Å²) >= 11 is 13.2. The van der Waals surface area contributed by atoms with Crippen LogP contribution in [0.1, 0.15) is 10.4 Å². The van der Waals surface area contributed by atoms with Gasteiger partial charge in [0.1, 0.15) is 13.2 Å². The molecular formula is C17H15Cl2NO4S. The van der Waals surface area contributed by atoms with Crippen LogP contribution in [0.15, 0.2) is 47.4 Å². The second kappa shape index (κ2) is 9.56. The zero-order valence-corrected chi connectivity index (χ0v) is 15.4. The number of carbonyl (C=O) groups is 2. The molecule has 0 aliphatic heterocycles. The highest BCUT2D eigenvalue weighted by atomic mass is 35.5. The van der Waals surface area contributed by atoms with Crippen molar-refractivity contribution in [1.82, 2.24) is 0 Å². The molecule has 0 atom stereocenters. The predicted molar refractivity (Wildman–Crippen MR) is 98.6 cm³/mol. The molecule has 0 fully saturated rings. The smallest absolute Gasteiger partial charge is 0.339 e. The summed E-state index contributed by atoms with van der Waals surface area (Å²) in [5.41, 5.74) is 5.50. The Morgan fingerprint density at radius 1 is 1.00 bits per heavy atom. The lowest BCUT2D eigenvalue weighted by molar-refractivity contribution is -0.115. The minimum atomic E-state index is -0.513. The van der Waals surface area contributed by atoms with Gasteiger partial charge in [-0.15, -0.1) is 11.8 Å². The molecule has 0 radical (unpaired) electrons. The number of nitrogens with two attached hydrogens (primary N) is 1. The van der Waals surface area contributed by atoms with Crippen LogP contribution < -0.4 is 10.5 Å². The molecule has 0 unspecified atom stereocenters. The van der Waals surface area contributed by atoms with E-state index in [0.29, 0.717) is 26.3 Å². The van der Waals surface area contributed by atoms with E-state index in [1.54, 1.807) is 42.5 Å². The molecule has 2 N–H and O–H groups in total. The van der Waals surface area contributed by atoms with Gasteiger partial charge in [0.2, 0.25) is 5.91 Å². The van der Waals surface area contributed by atoms with Gasteiger partial charge in [0.15, 0.2) is 5.75 Å². The Morgan fingerprint density at radius 3 is 2.36 bits per heavy atom. The molecule has 0 saturated heterocycles. The average Bonchev–Trinajstić information content (AvgIpc) is 2.59. The molecule has 132 valence electrons. The second-order valence-electron chi connectivity index (χ2n) is 4.79. The second-order valence-corrected chi connectivity index (χ2v) is 6.62. The molecule has 2 aromatic carbocycles. The van der Waals surface area contributed by atoms with E-state index < -0.39 is 11.9 Å². The quantitative estimate of drug-likeness (QED) is 0.414. The van der Waals surface area contributed by atoms with E-state index in [2.05, 4.69) is 0 Å². The molecule has 0 aromatic heterocycles. The van der Waals surface area contributed by atoms with E-state index in [4.69, 9.17) is 38.4 Å². The number of primary amides is 1. The van der Waals surface area contributed by atoms with Crippen LogP contribution in [-0.2, 0) is 9.53 Å². The third-order valence-corrected chi connectivity index (χ3v) is 4.65. The van der Waals surface area contributed by atoms with Crippen molar-refractivity contribution < 1.29 is 19.1 Å². The van der Waals surface area contributed by atoms with Gasteiger partial charge >= 0.3 is 5.97 Å². The van der Waals surface area contributed by atoms with Crippen molar-refractivity contribution >= 4 is 46.8 Å². The van der Waals surface area contributed by atoms with E-state index in [9.17, 15) is 9.59 Å². The molecule has 1 amide bonds. The zero-order chi connectivity index (χ0) is 18.2. The van der Waals surface area contributed by atoms with Crippen molar-refractivity contribution in [3.05, 3.63) is 58.1 Å². The number of para-hydroxylation sites is 1. The van der Waals surface area contributed by atoms with Crippen LogP contribution in [0.25, 0.3) is 0 Å². The van der Waals surface area contributed by atoms with Gasteiger partial charge in [-0.3, -0.25) is 4.79 Å². The van der Waals surface area contributed by atoms with Crippen molar-refractivity contribution in [2.45, 2.75) is 4.90 Å². The lowest BCUT2D eigenvalue weighted by Gasteiger charge is -2.11. The number of rotatable bonds is 8. The van der Waals surface area contributed by atoms with E-state index in [1.165, 1.54) is 11.8 Å². The highest BCUT2D eigenvalue weighted by Crippen LogP contribution is 2.32. The van der Waals surface area contributed by atoms with Crippen LogP contribution in [0.3, 0.4) is 0 Å². The number of esters is 1. The highest BCUT2D eigenvalue weighted by molar-refractivity contribution is 8.00. The molecule has 25 heavy (non-hydrogen) atoms. The molecule has 0 aliphatic carbocycles. The van der Waals surface area contributed by atoms with Gasteiger partial charge in [0.05, 0.1) is 21.4 Å². The van der Waals surface area contributed by atoms with Crippen molar-refractivity contribution in [2.75, 3.05) is 19.0 Å². The largest absolute Gasteiger partial charge is 0.487 e. The first kappa shape index (κ1) is 19.4. The number of thioether (sulfide) groups is 1. The fourth-order valence-corrected chi connectivity index (χ4v) is 3.17. The number of carbonyl (C=O) groups excluding carboxylic acids is 2. The molecule has 2 rings (SSSR count). The van der Waals surface area contributed by atoms with E-state index in [0.717, 1.165) is 0 Å². The van der Waals surface area contributed by atoms with Crippen LogP contribution in [0.4, 0.5) is 0 Å². The maximum atomic E-state index is 12.2. The standard InChI is InChI=1S/C17H15Cl2NO4S/c18-12-5-3-6-13(19)16(12)23-8-9-24-17(22)11-4-1-2-7-14(11)25-10-15(20)21/h1-7H,8-10H2,(H2,20,21). The molecular weight excluding hydrogens is 385 g/mol. The van der Waals surface area contributed by atoms with E-state index >= 15 is 0 Å². The average molecular weight is 400 g/mol. The number of ether oxygens (including phenoxy) is 2. The maximum Gasteiger partial charge on any atom is 0.339 e. The minimum Gasteiger partial charge on any atom is -0.487 e.